The molecule has 0 aliphatic carbocycles. The van der Waals surface area contributed by atoms with Crippen LogP contribution in [0.4, 0.5) is 11.5 Å². The summed E-state index contributed by atoms with van der Waals surface area (Å²) in [5.41, 5.74) is 1.66. The first-order valence-corrected chi connectivity index (χ1v) is 6.47. The molecule has 0 atom stereocenters. The average Bonchev–Trinajstić information content (AvgIpc) is 2.83. The standard InChI is InChI=1S/C15H12N4O3/c1-9-5-6-12-16-13(15(21)22)14(19(12)8-9)18-17-10-3-2-4-11(20)7-10/h2-8,20H,1H3,(H,21,22). The molecule has 3 rings (SSSR count). The van der Waals surface area contributed by atoms with Crippen LogP contribution in [0.2, 0.25) is 0 Å². The maximum absolute atomic E-state index is 11.3. The summed E-state index contributed by atoms with van der Waals surface area (Å²) < 4.78 is 1.57. The van der Waals surface area contributed by atoms with Gasteiger partial charge in [-0.15, -0.1) is 10.2 Å². The van der Waals surface area contributed by atoms with Crippen LogP contribution >= 0.6 is 0 Å². The van der Waals surface area contributed by atoms with Crippen molar-refractivity contribution >= 4 is 23.1 Å². The van der Waals surface area contributed by atoms with Gasteiger partial charge in [0.25, 0.3) is 0 Å². The Morgan fingerprint density at radius 1 is 1.23 bits per heavy atom. The average molecular weight is 296 g/mol. The molecule has 7 nitrogen and oxygen atoms in total. The highest BCUT2D eigenvalue weighted by atomic mass is 16.4. The van der Waals surface area contributed by atoms with E-state index < -0.39 is 5.97 Å². The molecule has 0 aliphatic rings. The number of aromatic carboxylic acids is 1. The molecule has 0 saturated carbocycles. The van der Waals surface area contributed by atoms with Gasteiger partial charge in [-0.25, -0.2) is 9.78 Å². The number of rotatable bonds is 3. The van der Waals surface area contributed by atoms with Crippen molar-refractivity contribution in [1.82, 2.24) is 9.38 Å². The lowest BCUT2D eigenvalue weighted by atomic mass is 10.3. The molecule has 0 bridgehead atoms. The van der Waals surface area contributed by atoms with Crippen LogP contribution in [0.1, 0.15) is 16.1 Å². The second kappa shape index (κ2) is 5.28. The van der Waals surface area contributed by atoms with Gasteiger partial charge in [0.1, 0.15) is 11.4 Å². The molecule has 2 heterocycles. The highest BCUT2D eigenvalue weighted by Crippen LogP contribution is 2.26. The highest BCUT2D eigenvalue weighted by Gasteiger charge is 2.18. The summed E-state index contributed by atoms with van der Waals surface area (Å²) in [7, 11) is 0. The molecule has 0 amide bonds. The Morgan fingerprint density at radius 2 is 2.05 bits per heavy atom. The number of aromatic nitrogens is 2. The molecule has 0 aliphatic heterocycles. The van der Waals surface area contributed by atoms with Gasteiger partial charge in [-0.3, -0.25) is 4.40 Å². The monoisotopic (exact) mass is 296 g/mol. The molecule has 0 radical (unpaired) electrons. The molecule has 0 saturated heterocycles. The van der Waals surface area contributed by atoms with Crippen LogP contribution in [0.3, 0.4) is 0 Å². The summed E-state index contributed by atoms with van der Waals surface area (Å²) in [5.74, 6) is -0.982. The third-order valence-corrected chi connectivity index (χ3v) is 3.03. The lowest BCUT2D eigenvalue weighted by Crippen LogP contribution is -1.96. The van der Waals surface area contributed by atoms with Crippen LogP contribution in [0, 0.1) is 6.92 Å². The van der Waals surface area contributed by atoms with E-state index in [9.17, 15) is 15.0 Å². The summed E-state index contributed by atoms with van der Waals surface area (Å²) in [6.45, 7) is 1.88. The maximum Gasteiger partial charge on any atom is 0.358 e. The third kappa shape index (κ3) is 2.51. The van der Waals surface area contributed by atoms with Crippen molar-refractivity contribution in [1.29, 1.82) is 0 Å². The van der Waals surface area contributed by atoms with Crippen molar-refractivity contribution in [2.75, 3.05) is 0 Å². The predicted molar refractivity (Wildman–Crippen MR) is 79.2 cm³/mol. The fourth-order valence-corrected chi connectivity index (χ4v) is 2.04. The Bertz CT molecular complexity index is 899. The molecule has 0 spiro atoms. The number of azo groups is 1. The molecule has 2 aromatic heterocycles. The summed E-state index contributed by atoms with van der Waals surface area (Å²) in [5, 5.41) is 26.6. The SMILES string of the molecule is Cc1ccc2nc(C(=O)O)c(N=Nc3cccc(O)c3)n2c1. The predicted octanol–water partition coefficient (Wildman–Crippen LogP) is 3.46. The molecule has 110 valence electrons. The minimum absolute atomic E-state index is 0.0592. The Balaban J connectivity index is 2.14. The van der Waals surface area contributed by atoms with Gasteiger partial charge in [0.2, 0.25) is 0 Å². The van der Waals surface area contributed by atoms with Crippen LogP contribution in [0.25, 0.3) is 5.65 Å². The lowest BCUT2D eigenvalue weighted by Gasteiger charge is -1.98. The zero-order valence-corrected chi connectivity index (χ0v) is 11.6. The molecule has 0 unspecified atom stereocenters. The van der Waals surface area contributed by atoms with Crippen LogP contribution in [-0.4, -0.2) is 25.6 Å². The van der Waals surface area contributed by atoms with Gasteiger partial charge in [0, 0.05) is 12.3 Å². The molecule has 0 fully saturated rings. The number of nitrogens with zero attached hydrogens (tertiary/aromatic N) is 4. The number of phenols is 1. The maximum atomic E-state index is 11.3. The third-order valence-electron chi connectivity index (χ3n) is 3.03. The first-order valence-electron chi connectivity index (χ1n) is 6.47. The van der Waals surface area contributed by atoms with E-state index in [0.29, 0.717) is 11.3 Å². The van der Waals surface area contributed by atoms with Crippen LogP contribution in [0.5, 0.6) is 5.75 Å². The summed E-state index contributed by atoms with van der Waals surface area (Å²) in [6, 6.07) is 9.77. The molecule has 22 heavy (non-hydrogen) atoms. The van der Waals surface area contributed by atoms with Crippen molar-refractivity contribution in [3.63, 3.8) is 0 Å². The minimum Gasteiger partial charge on any atom is -0.508 e. The molecule has 2 N–H and O–H groups in total. The Labute approximate surface area is 125 Å². The van der Waals surface area contributed by atoms with Gasteiger partial charge in [-0.2, -0.15) is 0 Å². The number of carboxylic acids is 1. The fraction of sp³-hybridized carbons (Fsp3) is 0.0667. The van der Waals surface area contributed by atoms with Crippen molar-refractivity contribution in [3.8, 4) is 5.75 Å². The van der Waals surface area contributed by atoms with Gasteiger partial charge in [0.05, 0.1) is 5.69 Å². The highest BCUT2D eigenvalue weighted by molar-refractivity contribution is 5.91. The second-order valence-electron chi connectivity index (χ2n) is 4.74. The number of aryl methyl sites for hydroxylation is 1. The first kappa shape index (κ1) is 13.7. The molecular formula is C15H12N4O3. The number of benzene rings is 1. The first-order chi connectivity index (χ1) is 10.5. The van der Waals surface area contributed by atoms with Gasteiger partial charge < -0.3 is 10.2 Å². The molecule has 3 aromatic rings. The Kier molecular flexibility index (Phi) is 3.30. The van der Waals surface area contributed by atoms with E-state index >= 15 is 0 Å². The minimum atomic E-state index is -1.17. The zero-order chi connectivity index (χ0) is 15.7. The Morgan fingerprint density at radius 3 is 2.77 bits per heavy atom. The second-order valence-corrected chi connectivity index (χ2v) is 4.74. The number of fused-ring (bicyclic) bond motifs is 1. The largest absolute Gasteiger partial charge is 0.508 e. The van der Waals surface area contributed by atoms with Crippen LogP contribution < -0.4 is 0 Å². The van der Waals surface area contributed by atoms with Crippen LogP contribution in [-0.2, 0) is 0 Å². The number of pyridine rings is 1. The van der Waals surface area contributed by atoms with Crippen molar-refractivity contribution < 1.29 is 15.0 Å². The topological polar surface area (TPSA) is 99.5 Å². The van der Waals surface area contributed by atoms with Gasteiger partial charge >= 0.3 is 5.97 Å². The Hall–Kier alpha value is -3.22. The van der Waals surface area contributed by atoms with Crippen molar-refractivity contribution in [2.45, 2.75) is 6.92 Å². The number of carbonyl (C=O) groups is 1. The number of imidazole rings is 1. The summed E-state index contributed by atoms with van der Waals surface area (Å²) >= 11 is 0. The lowest BCUT2D eigenvalue weighted by molar-refractivity contribution is 0.0692. The fourth-order valence-electron chi connectivity index (χ4n) is 2.04. The van der Waals surface area contributed by atoms with Crippen LogP contribution in [0.15, 0.2) is 52.8 Å². The number of aromatic hydroxyl groups is 1. The van der Waals surface area contributed by atoms with Gasteiger partial charge in [-0.05, 0) is 30.7 Å². The summed E-state index contributed by atoms with van der Waals surface area (Å²) in [6.07, 6.45) is 1.74. The van der Waals surface area contributed by atoms with E-state index in [1.165, 1.54) is 12.1 Å². The van der Waals surface area contributed by atoms with E-state index in [4.69, 9.17) is 0 Å². The molecular weight excluding hydrogens is 284 g/mol. The zero-order valence-electron chi connectivity index (χ0n) is 11.6. The van der Waals surface area contributed by atoms with Crippen molar-refractivity contribution in [3.05, 3.63) is 53.9 Å². The van der Waals surface area contributed by atoms with E-state index in [2.05, 4.69) is 15.2 Å². The normalized spacial score (nSPS) is 11.3. The quantitative estimate of drug-likeness (QED) is 0.723. The van der Waals surface area contributed by atoms with Crippen molar-refractivity contribution in [2.24, 2.45) is 10.2 Å². The number of hydrogen-bond donors (Lipinski definition) is 2. The van der Waals surface area contributed by atoms with E-state index in [-0.39, 0.29) is 17.3 Å². The van der Waals surface area contributed by atoms with Gasteiger partial charge in [-0.1, -0.05) is 12.1 Å². The smallest absolute Gasteiger partial charge is 0.358 e. The van der Waals surface area contributed by atoms with Gasteiger partial charge in [0.15, 0.2) is 11.5 Å². The van der Waals surface area contributed by atoms with E-state index in [1.807, 2.05) is 13.0 Å². The van der Waals surface area contributed by atoms with E-state index in [1.54, 1.807) is 28.8 Å². The summed E-state index contributed by atoms with van der Waals surface area (Å²) in [4.78, 5) is 15.4. The number of hydrogen-bond acceptors (Lipinski definition) is 5. The molecule has 1 aromatic carbocycles. The number of phenolic OH excluding ortho intramolecular Hbond substituents is 1. The molecule has 7 heteroatoms. The van der Waals surface area contributed by atoms with E-state index in [0.717, 1.165) is 5.56 Å². The number of carboxylic acid groups (broad SMARTS) is 1.